The fourth-order valence-corrected chi connectivity index (χ4v) is 5.65. The van der Waals surface area contributed by atoms with Crippen molar-refractivity contribution in [1.29, 1.82) is 0 Å². The second kappa shape index (κ2) is 11.4. The summed E-state index contributed by atoms with van der Waals surface area (Å²) >= 11 is 0. The Hall–Kier alpha value is -3.26. The van der Waals surface area contributed by atoms with E-state index in [-0.39, 0.29) is 24.8 Å². The minimum atomic E-state index is -0.162. The minimum absolute atomic E-state index is 0.0766. The molecule has 37 heavy (non-hydrogen) atoms. The number of anilines is 1. The van der Waals surface area contributed by atoms with E-state index in [1.807, 2.05) is 35.2 Å². The molecule has 1 unspecified atom stereocenters. The van der Waals surface area contributed by atoms with E-state index in [2.05, 4.69) is 41.5 Å². The molecular weight excluding hydrogens is 468 g/mol. The molecule has 1 atom stereocenters. The normalized spacial score (nSPS) is 18.7. The van der Waals surface area contributed by atoms with Crippen LogP contribution in [0.1, 0.15) is 56.6 Å². The maximum atomic E-state index is 13.5. The molecule has 5 rings (SSSR count). The molecule has 0 radical (unpaired) electrons. The van der Waals surface area contributed by atoms with E-state index in [9.17, 15) is 9.59 Å². The maximum Gasteiger partial charge on any atom is 0.321 e. The number of nitrogens with zero attached hydrogens (tertiary/aromatic N) is 2. The number of fused-ring (bicyclic) bond motifs is 1. The molecule has 198 valence electrons. The molecular formula is C29H38N4O4. The van der Waals surface area contributed by atoms with Crippen LogP contribution in [-0.2, 0) is 11.3 Å². The summed E-state index contributed by atoms with van der Waals surface area (Å²) in [6, 6.07) is 13.6. The lowest BCUT2D eigenvalue weighted by molar-refractivity contribution is -0.129. The standard InChI is InChI=1S/C29H38N4O4/c1-20(2)22-8-10-24(11-9-22)31-29(35)33-15-13-32(14-16-33)27(23-5-3-4-6-23)28(34)30-18-21-7-12-25-26(17-21)37-19-36-25/h7-12,17,20,23,27H,3-6,13-16,18-19H2,1-2H3,(H,30,34)(H,31,35). The number of carbonyl (C=O) groups excluding carboxylic acids is 2. The van der Waals surface area contributed by atoms with E-state index < -0.39 is 0 Å². The zero-order valence-electron chi connectivity index (χ0n) is 21.9. The summed E-state index contributed by atoms with van der Waals surface area (Å²) in [4.78, 5) is 30.5. The van der Waals surface area contributed by atoms with Gasteiger partial charge in [-0.25, -0.2) is 4.79 Å². The van der Waals surface area contributed by atoms with Crippen molar-refractivity contribution in [1.82, 2.24) is 15.1 Å². The summed E-state index contributed by atoms with van der Waals surface area (Å²) < 4.78 is 10.9. The number of ether oxygens (including phenoxy) is 2. The highest BCUT2D eigenvalue weighted by Gasteiger charge is 2.37. The fourth-order valence-electron chi connectivity index (χ4n) is 5.65. The van der Waals surface area contributed by atoms with Gasteiger partial charge in [-0.1, -0.05) is 44.9 Å². The number of benzene rings is 2. The zero-order chi connectivity index (χ0) is 25.8. The summed E-state index contributed by atoms with van der Waals surface area (Å²) in [5.41, 5.74) is 3.05. The third kappa shape index (κ3) is 6.01. The van der Waals surface area contributed by atoms with E-state index in [1.165, 1.54) is 18.4 Å². The Morgan fingerprint density at radius 2 is 1.65 bits per heavy atom. The van der Waals surface area contributed by atoms with Crippen LogP contribution in [0.15, 0.2) is 42.5 Å². The molecule has 2 aromatic carbocycles. The van der Waals surface area contributed by atoms with E-state index >= 15 is 0 Å². The molecule has 0 bridgehead atoms. The van der Waals surface area contributed by atoms with Crippen LogP contribution in [-0.4, -0.2) is 60.8 Å². The van der Waals surface area contributed by atoms with Gasteiger partial charge < -0.3 is 25.0 Å². The molecule has 3 aliphatic rings. The van der Waals surface area contributed by atoms with Gasteiger partial charge in [0.05, 0.1) is 6.04 Å². The Morgan fingerprint density at radius 3 is 2.35 bits per heavy atom. The maximum absolute atomic E-state index is 13.5. The van der Waals surface area contributed by atoms with Gasteiger partial charge >= 0.3 is 6.03 Å². The third-order valence-electron chi connectivity index (χ3n) is 7.84. The SMILES string of the molecule is CC(C)c1ccc(NC(=O)N2CCN(C(C(=O)NCc3ccc4c(c3)OCO4)C3CCCC3)CC2)cc1. The van der Waals surface area contributed by atoms with Crippen molar-refractivity contribution in [3.8, 4) is 11.5 Å². The highest BCUT2D eigenvalue weighted by Crippen LogP contribution is 2.33. The van der Waals surface area contributed by atoms with Crippen LogP contribution < -0.4 is 20.1 Å². The molecule has 0 aromatic heterocycles. The lowest BCUT2D eigenvalue weighted by atomic mass is 9.95. The average molecular weight is 507 g/mol. The molecule has 2 aliphatic heterocycles. The predicted molar refractivity (Wildman–Crippen MR) is 143 cm³/mol. The predicted octanol–water partition coefficient (Wildman–Crippen LogP) is 4.56. The second-order valence-electron chi connectivity index (χ2n) is 10.6. The van der Waals surface area contributed by atoms with E-state index in [4.69, 9.17) is 9.47 Å². The lowest BCUT2D eigenvalue weighted by Crippen LogP contribution is -2.58. The molecule has 1 saturated carbocycles. The second-order valence-corrected chi connectivity index (χ2v) is 10.6. The molecule has 2 N–H and O–H groups in total. The molecule has 8 heteroatoms. The number of hydrogen-bond donors (Lipinski definition) is 2. The third-order valence-corrected chi connectivity index (χ3v) is 7.84. The van der Waals surface area contributed by atoms with Crippen LogP contribution in [0.25, 0.3) is 0 Å². The monoisotopic (exact) mass is 506 g/mol. The van der Waals surface area contributed by atoms with Gasteiger partial charge in [-0.2, -0.15) is 0 Å². The topological polar surface area (TPSA) is 83.1 Å². The first kappa shape index (κ1) is 25.4. The first-order valence-electron chi connectivity index (χ1n) is 13.5. The number of urea groups is 1. The molecule has 1 aliphatic carbocycles. The first-order chi connectivity index (χ1) is 18.0. The number of carbonyl (C=O) groups is 2. The quantitative estimate of drug-likeness (QED) is 0.575. The molecule has 2 aromatic rings. The van der Waals surface area contributed by atoms with Crippen molar-refractivity contribution >= 4 is 17.6 Å². The average Bonchev–Trinajstić information content (AvgIpc) is 3.60. The smallest absolute Gasteiger partial charge is 0.321 e. The van der Waals surface area contributed by atoms with Crippen LogP contribution in [0.2, 0.25) is 0 Å². The largest absolute Gasteiger partial charge is 0.454 e. The number of hydrogen-bond acceptors (Lipinski definition) is 5. The Labute approximate surface area is 219 Å². The Morgan fingerprint density at radius 1 is 0.946 bits per heavy atom. The summed E-state index contributed by atoms with van der Waals surface area (Å²) in [5.74, 6) is 2.36. The lowest BCUT2D eigenvalue weighted by Gasteiger charge is -2.40. The van der Waals surface area contributed by atoms with Crippen LogP contribution in [0, 0.1) is 5.92 Å². The molecule has 0 spiro atoms. The summed E-state index contributed by atoms with van der Waals surface area (Å²) in [5, 5.41) is 6.20. The summed E-state index contributed by atoms with van der Waals surface area (Å²) in [6.45, 7) is 7.60. The van der Waals surface area contributed by atoms with E-state index in [0.717, 1.165) is 35.6 Å². The fraction of sp³-hybridized carbons (Fsp3) is 0.517. The number of nitrogens with one attached hydrogen (secondary N) is 2. The Kier molecular flexibility index (Phi) is 7.84. The molecule has 2 fully saturated rings. The van der Waals surface area contributed by atoms with Crippen LogP contribution in [0.3, 0.4) is 0 Å². The van der Waals surface area contributed by atoms with Crippen LogP contribution in [0.5, 0.6) is 11.5 Å². The summed E-state index contributed by atoms with van der Waals surface area (Å²) in [6.07, 6.45) is 4.51. The minimum Gasteiger partial charge on any atom is -0.454 e. The van der Waals surface area contributed by atoms with Crippen molar-refractivity contribution in [3.63, 3.8) is 0 Å². The van der Waals surface area contributed by atoms with Gasteiger partial charge in [-0.05, 0) is 60.1 Å². The highest BCUT2D eigenvalue weighted by molar-refractivity contribution is 5.89. The van der Waals surface area contributed by atoms with Gasteiger partial charge in [0.15, 0.2) is 11.5 Å². The van der Waals surface area contributed by atoms with E-state index in [1.54, 1.807) is 0 Å². The number of rotatable bonds is 7. The highest BCUT2D eigenvalue weighted by atomic mass is 16.7. The Balaban J connectivity index is 1.16. The molecule has 2 heterocycles. The van der Waals surface area contributed by atoms with Gasteiger partial charge in [0, 0.05) is 38.4 Å². The number of piperazine rings is 1. The molecule has 1 saturated heterocycles. The molecule has 3 amide bonds. The first-order valence-corrected chi connectivity index (χ1v) is 13.5. The van der Waals surface area contributed by atoms with Crippen LogP contribution >= 0.6 is 0 Å². The van der Waals surface area contributed by atoms with Gasteiger partial charge in [-0.3, -0.25) is 9.69 Å². The molecule has 8 nitrogen and oxygen atoms in total. The van der Waals surface area contributed by atoms with Gasteiger partial charge in [0.25, 0.3) is 0 Å². The van der Waals surface area contributed by atoms with Crippen molar-refractivity contribution in [2.24, 2.45) is 5.92 Å². The van der Waals surface area contributed by atoms with Gasteiger partial charge in [0.1, 0.15) is 0 Å². The Bertz CT molecular complexity index is 1090. The van der Waals surface area contributed by atoms with Gasteiger partial charge in [-0.15, -0.1) is 0 Å². The number of amides is 3. The zero-order valence-corrected chi connectivity index (χ0v) is 21.9. The van der Waals surface area contributed by atoms with Crippen molar-refractivity contribution in [2.45, 2.75) is 58.0 Å². The van der Waals surface area contributed by atoms with Crippen molar-refractivity contribution < 1.29 is 19.1 Å². The van der Waals surface area contributed by atoms with E-state index in [0.29, 0.717) is 44.6 Å². The van der Waals surface area contributed by atoms with Gasteiger partial charge in [0.2, 0.25) is 12.7 Å². The van der Waals surface area contributed by atoms with Crippen molar-refractivity contribution in [2.75, 3.05) is 38.3 Å². The van der Waals surface area contributed by atoms with Crippen molar-refractivity contribution in [3.05, 3.63) is 53.6 Å². The van der Waals surface area contributed by atoms with Crippen LogP contribution in [0.4, 0.5) is 10.5 Å². The summed E-state index contributed by atoms with van der Waals surface area (Å²) in [7, 11) is 0.